The number of hydrogen-bond acceptors (Lipinski definition) is 7. The van der Waals surface area contributed by atoms with E-state index in [0.29, 0.717) is 36.8 Å². The van der Waals surface area contributed by atoms with Crippen molar-refractivity contribution in [2.45, 2.75) is 18.9 Å². The molecular weight excluding hydrogens is 435 g/mol. The predicted octanol–water partition coefficient (Wildman–Crippen LogP) is 2.89. The van der Waals surface area contributed by atoms with Crippen LogP contribution in [0.2, 0.25) is 0 Å². The molecule has 3 aliphatic rings. The van der Waals surface area contributed by atoms with Gasteiger partial charge < -0.3 is 19.4 Å². The van der Waals surface area contributed by atoms with Crippen molar-refractivity contribution in [1.82, 2.24) is 9.88 Å². The van der Waals surface area contributed by atoms with Crippen molar-refractivity contribution >= 4 is 23.7 Å². The number of aromatic nitrogens is 1. The monoisotopic (exact) mass is 464 g/mol. The molecule has 1 aromatic heterocycles. The van der Waals surface area contributed by atoms with Crippen molar-refractivity contribution in [2.24, 2.45) is 0 Å². The zero-order chi connectivity index (χ0) is 23.0. The van der Waals surface area contributed by atoms with Crippen LogP contribution in [0.4, 0.5) is 5.69 Å². The zero-order valence-corrected chi connectivity index (χ0v) is 20.0. The molecule has 8 heteroatoms. The Labute approximate surface area is 194 Å². The van der Waals surface area contributed by atoms with Gasteiger partial charge in [0.15, 0.2) is 0 Å². The summed E-state index contributed by atoms with van der Waals surface area (Å²) in [7, 11) is 1.10. The van der Waals surface area contributed by atoms with E-state index in [0.717, 1.165) is 65.6 Å². The number of allylic oxidation sites excluding steroid dienone is 2. The van der Waals surface area contributed by atoms with Gasteiger partial charge in [-0.25, -0.2) is 0 Å². The number of anilines is 1. The minimum atomic E-state index is -2.43. The Balaban J connectivity index is 1.37. The normalized spacial score (nSPS) is 19.8. The van der Waals surface area contributed by atoms with E-state index >= 15 is 0 Å². The molecular formula is C25H29N4O3P. The lowest BCUT2D eigenvalue weighted by molar-refractivity contribution is -0.0620. The maximum absolute atomic E-state index is 13.8. The summed E-state index contributed by atoms with van der Waals surface area (Å²) in [5.74, 6) is 0.752. The molecule has 0 amide bonds. The van der Waals surface area contributed by atoms with Crippen LogP contribution in [-0.2, 0) is 22.1 Å². The van der Waals surface area contributed by atoms with Crippen LogP contribution >= 0.6 is 7.14 Å². The highest BCUT2D eigenvalue weighted by molar-refractivity contribution is 7.71. The van der Waals surface area contributed by atoms with Gasteiger partial charge >= 0.3 is 0 Å². The smallest absolute Gasteiger partial charge is 0.123 e. The van der Waals surface area contributed by atoms with Crippen LogP contribution in [0.1, 0.15) is 22.5 Å². The summed E-state index contributed by atoms with van der Waals surface area (Å²) in [4.78, 5) is 7.24. The Kier molecular flexibility index (Phi) is 6.01. The van der Waals surface area contributed by atoms with E-state index in [1.807, 2.05) is 37.4 Å². The average Bonchev–Trinajstić information content (AvgIpc) is 3.22. The minimum Gasteiger partial charge on any atom is -0.496 e. The first-order valence-electron chi connectivity index (χ1n) is 11.4. The zero-order valence-electron chi connectivity index (χ0n) is 19.1. The Morgan fingerprint density at radius 2 is 2.09 bits per heavy atom. The van der Waals surface area contributed by atoms with E-state index in [1.165, 1.54) is 0 Å². The van der Waals surface area contributed by atoms with E-state index < -0.39 is 7.14 Å². The molecule has 2 aliphatic heterocycles. The second kappa shape index (κ2) is 8.95. The Morgan fingerprint density at radius 1 is 1.30 bits per heavy atom. The number of nitrogens with zero attached hydrogens (tertiary/aromatic N) is 3. The molecule has 0 bridgehead atoms. The van der Waals surface area contributed by atoms with Crippen LogP contribution in [0, 0.1) is 11.3 Å². The van der Waals surface area contributed by atoms with Gasteiger partial charge in [-0.05, 0) is 12.1 Å². The Hall–Kier alpha value is -2.65. The number of ether oxygens (including phenoxy) is 2. The molecule has 1 aromatic carbocycles. The van der Waals surface area contributed by atoms with Gasteiger partial charge in [0.2, 0.25) is 0 Å². The highest BCUT2D eigenvalue weighted by Crippen LogP contribution is 2.47. The SMILES string of the molecule is CNc1cc(Cc2ccc(P3(=O)CCN(C4COC4)CC3)cc2OC)nc2c1C(C#N)=CC2. The fraction of sp³-hybridized carbons (Fsp3) is 0.440. The van der Waals surface area contributed by atoms with E-state index in [-0.39, 0.29) is 0 Å². The topological polar surface area (TPSA) is 87.5 Å². The first-order valence-corrected chi connectivity index (χ1v) is 13.5. The number of hydrogen-bond donors (Lipinski definition) is 1. The summed E-state index contributed by atoms with van der Waals surface area (Å²) in [6, 6.07) is 10.8. The maximum Gasteiger partial charge on any atom is 0.123 e. The molecule has 0 atom stereocenters. The van der Waals surface area contributed by atoms with Crippen molar-refractivity contribution in [3.63, 3.8) is 0 Å². The third-order valence-electron chi connectivity index (χ3n) is 7.05. The lowest BCUT2D eigenvalue weighted by Crippen LogP contribution is -2.52. The van der Waals surface area contributed by atoms with Gasteiger partial charge in [-0.15, -0.1) is 0 Å². The molecule has 7 nitrogen and oxygen atoms in total. The van der Waals surface area contributed by atoms with E-state index in [1.54, 1.807) is 7.11 Å². The molecule has 5 rings (SSSR count). The fourth-order valence-corrected chi connectivity index (χ4v) is 7.58. The third kappa shape index (κ3) is 4.08. The lowest BCUT2D eigenvalue weighted by atomic mass is 10.0. The fourth-order valence-electron chi connectivity index (χ4n) is 4.98. The molecule has 2 fully saturated rings. The van der Waals surface area contributed by atoms with Crippen LogP contribution in [0.25, 0.3) is 5.57 Å². The molecule has 3 heterocycles. The van der Waals surface area contributed by atoms with Crippen LogP contribution in [-0.4, -0.2) is 68.7 Å². The number of pyridine rings is 1. The van der Waals surface area contributed by atoms with Crippen molar-refractivity contribution in [3.05, 3.63) is 52.9 Å². The molecule has 33 heavy (non-hydrogen) atoms. The summed E-state index contributed by atoms with van der Waals surface area (Å²) in [6.45, 7) is 3.32. The van der Waals surface area contributed by atoms with Crippen LogP contribution in [0.3, 0.4) is 0 Å². The average molecular weight is 465 g/mol. The molecule has 1 aliphatic carbocycles. The molecule has 2 aromatic rings. The van der Waals surface area contributed by atoms with Crippen molar-refractivity contribution in [1.29, 1.82) is 5.26 Å². The molecule has 0 radical (unpaired) electrons. The largest absolute Gasteiger partial charge is 0.496 e. The first-order chi connectivity index (χ1) is 16.0. The van der Waals surface area contributed by atoms with Gasteiger partial charge in [0.1, 0.15) is 12.9 Å². The van der Waals surface area contributed by atoms with E-state index in [2.05, 4.69) is 16.3 Å². The predicted molar refractivity (Wildman–Crippen MR) is 130 cm³/mol. The van der Waals surface area contributed by atoms with Crippen LogP contribution in [0.5, 0.6) is 5.75 Å². The summed E-state index contributed by atoms with van der Waals surface area (Å²) in [5, 5.41) is 13.5. The van der Waals surface area contributed by atoms with Crippen molar-refractivity contribution in [2.75, 3.05) is 58.1 Å². The second-order valence-corrected chi connectivity index (χ2v) is 12.1. The molecule has 0 spiro atoms. The molecule has 172 valence electrons. The molecule has 0 unspecified atom stereocenters. The number of nitrogens with one attached hydrogen (secondary N) is 1. The molecule has 0 saturated carbocycles. The lowest BCUT2D eigenvalue weighted by Gasteiger charge is -2.41. The van der Waals surface area contributed by atoms with Gasteiger partial charge in [-0.3, -0.25) is 9.88 Å². The van der Waals surface area contributed by atoms with Gasteiger partial charge in [0.05, 0.1) is 43.7 Å². The van der Waals surface area contributed by atoms with E-state index in [4.69, 9.17) is 14.5 Å². The third-order valence-corrected chi connectivity index (χ3v) is 10.1. The second-order valence-electron chi connectivity index (χ2n) is 8.90. The van der Waals surface area contributed by atoms with Crippen molar-refractivity contribution in [3.8, 4) is 11.8 Å². The standard InChI is InChI=1S/C25H29N4O3P/c1-27-23-12-19(28-22-6-4-18(14-26)25(22)23)11-17-3-5-21(13-24(17)31-2)33(30)9-7-29(8-10-33)20-15-32-16-20/h3-5,12-13,20H,6-11,15-16H2,1-2H3,(H,27,28). The number of nitriles is 1. The van der Waals surface area contributed by atoms with Gasteiger partial charge in [0.25, 0.3) is 0 Å². The quantitative estimate of drug-likeness (QED) is 0.658. The Bertz CT molecular complexity index is 1190. The minimum absolute atomic E-state index is 0.498. The van der Waals surface area contributed by atoms with Crippen LogP contribution < -0.4 is 15.4 Å². The Morgan fingerprint density at radius 3 is 2.73 bits per heavy atom. The van der Waals surface area contributed by atoms with Gasteiger partial charge in [0, 0.05) is 73.1 Å². The van der Waals surface area contributed by atoms with Gasteiger partial charge in [-0.2, -0.15) is 5.26 Å². The highest BCUT2D eigenvalue weighted by Gasteiger charge is 2.35. The maximum atomic E-state index is 13.8. The number of rotatable bonds is 6. The number of methoxy groups -OCH3 is 1. The summed E-state index contributed by atoms with van der Waals surface area (Å²) in [5.41, 5.74) is 5.36. The number of fused-ring (bicyclic) bond motifs is 1. The summed E-state index contributed by atoms with van der Waals surface area (Å²) in [6.07, 6.45) is 4.62. The van der Waals surface area contributed by atoms with E-state index in [9.17, 15) is 9.83 Å². The van der Waals surface area contributed by atoms with Gasteiger partial charge in [-0.1, -0.05) is 18.2 Å². The van der Waals surface area contributed by atoms with Crippen LogP contribution in [0.15, 0.2) is 30.3 Å². The van der Waals surface area contributed by atoms with Crippen molar-refractivity contribution < 1.29 is 14.0 Å². The molecule has 2 saturated heterocycles. The summed E-state index contributed by atoms with van der Waals surface area (Å²) >= 11 is 0. The highest BCUT2D eigenvalue weighted by atomic mass is 31.2. The summed E-state index contributed by atoms with van der Waals surface area (Å²) < 4.78 is 24.8. The molecule has 1 N–H and O–H groups in total. The first kappa shape index (κ1) is 22.2. The number of benzene rings is 1.